The number of carbonyl (C=O) groups is 1. The molecule has 1 N–H and O–H groups in total. The molecule has 5 rings (SSSR count). The number of morpholine rings is 1. The minimum atomic E-state index is -0.174. The Labute approximate surface area is 178 Å². The zero-order chi connectivity index (χ0) is 20.3. The van der Waals surface area contributed by atoms with E-state index in [0.717, 1.165) is 40.4 Å². The van der Waals surface area contributed by atoms with Crippen molar-refractivity contribution in [2.24, 2.45) is 0 Å². The number of para-hydroxylation sites is 1. The van der Waals surface area contributed by atoms with Crippen LogP contribution in [0.5, 0.6) is 0 Å². The van der Waals surface area contributed by atoms with Crippen LogP contribution in [0, 0.1) is 0 Å². The van der Waals surface area contributed by atoms with Crippen LogP contribution in [0.2, 0.25) is 0 Å². The largest absolute Gasteiger partial charge is 0.378 e. The zero-order valence-corrected chi connectivity index (χ0v) is 17.1. The van der Waals surface area contributed by atoms with E-state index in [9.17, 15) is 4.79 Å². The van der Waals surface area contributed by atoms with Crippen molar-refractivity contribution < 1.29 is 9.53 Å². The number of benzene rings is 1. The first-order chi connectivity index (χ1) is 14.8. The third-order valence-electron chi connectivity index (χ3n) is 5.08. The molecular weight excluding hydrogens is 396 g/mol. The summed E-state index contributed by atoms with van der Waals surface area (Å²) in [5, 5.41) is 5.82. The number of fused-ring (bicyclic) bond motifs is 1. The second-order valence-corrected chi connectivity index (χ2v) is 7.96. The third kappa shape index (κ3) is 3.77. The lowest BCUT2D eigenvalue weighted by Crippen LogP contribution is -2.36. The maximum atomic E-state index is 13.1. The van der Waals surface area contributed by atoms with Crippen LogP contribution in [0.4, 0.5) is 11.5 Å². The van der Waals surface area contributed by atoms with Crippen LogP contribution >= 0.6 is 11.3 Å². The van der Waals surface area contributed by atoms with Crippen molar-refractivity contribution in [2.45, 2.75) is 0 Å². The van der Waals surface area contributed by atoms with Crippen LogP contribution in [-0.4, -0.2) is 42.2 Å². The molecule has 3 aromatic heterocycles. The molecule has 0 saturated carbocycles. The van der Waals surface area contributed by atoms with Crippen molar-refractivity contribution in [2.75, 3.05) is 36.5 Å². The molecule has 0 atom stereocenters. The van der Waals surface area contributed by atoms with Gasteiger partial charge in [0.25, 0.3) is 5.91 Å². The first-order valence-electron chi connectivity index (χ1n) is 9.82. The summed E-state index contributed by atoms with van der Waals surface area (Å²) >= 11 is 1.61. The summed E-state index contributed by atoms with van der Waals surface area (Å²) in [5.41, 5.74) is 2.86. The average molecular weight is 417 g/mol. The fourth-order valence-electron chi connectivity index (χ4n) is 3.55. The number of thiophene rings is 1. The third-order valence-corrected chi connectivity index (χ3v) is 5.97. The first-order valence-corrected chi connectivity index (χ1v) is 10.7. The summed E-state index contributed by atoms with van der Waals surface area (Å²) in [4.78, 5) is 25.6. The molecule has 30 heavy (non-hydrogen) atoms. The highest BCUT2D eigenvalue weighted by molar-refractivity contribution is 7.13. The number of hydrogen-bond donors (Lipinski definition) is 1. The van der Waals surface area contributed by atoms with Crippen molar-refractivity contribution in [3.63, 3.8) is 0 Å². The van der Waals surface area contributed by atoms with E-state index in [4.69, 9.17) is 9.72 Å². The molecule has 1 saturated heterocycles. The zero-order valence-electron chi connectivity index (χ0n) is 16.2. The maximum absolute atomic E-state index is 13.1. The van der Waals surface area contributed by atoms with Gasteiger partial charge in [-0.05, 0) is 35.7 Å². The number of ether oxygens (including phenoxy) is 1. The van der Waals surface area contributed by atoms with Gasteiger partial charge in [-0.2, -0.15) is 0 Å². The number of anilines is 2. The highest BCUT2D eigenvalue weighted by Gasteiger charge is 2.16. The number of nitrogens with one attached hydrogen (secondary N) is 1. The molecule has 0 spiro atoms. The summed E-state index contributed by atoms with van der Waals surface area (Å²) in [6.07, 6.45) is 1.70. The predicted molar refractivity (Wildman–Crippen MR) is 120 cm³/mol. The lowest BCUT2D eigenvalue weighted by atomic mass is 10.1. The minimum absolute atomic E-state index is 0.174. The van der Waals surface area contributed by atoms with Crippen molar-refractivity contribution in [3.8, 4) is 10.6 Å². The van der Waals surface area contributed by atoms with Gasteiger partial charge in [-0.3, -0.25) is 4.79 Å². The quantitative estimate of drug-likeness (QED) is 0.532. The smallest absolute Gasteiger partial charge is 0.256 e. The van der Waals surface area contributed by atoms with Crippen molar-refractivity contribution in [1.82, 2.24) is 9.97 Å². The van der Waals surface area contributed by atoms with Crippen LogP contribution < -0.4 is 10.2 Å². The van der Waals surface area contributed by atoms with Gasteiger partial charge in [-0.15, -0.1) is 11.3 Å². The average Bonchev–Trinajstić information content (AvgIpc) is 3.34. The molecule has 150 valence electrons. The van der Waals surface area contributed by atoms with E-state index >= 15 is 0 Å². The molecule has 1 aromatic carbocycles. The van der Waals surface area contributed by atoms with Crippen molar-refractivity contribution in [1.29, 1.82) is 0 Å². The van der Waals surface area contributed by atoms with E-state index in [0.29, 0.717) is 24.5 Å². The molecule has 4 heterocycles. The Bertz CT molecular complexity index is 1170. The van der Waals surface area contributed by atoms with E-state index < -0.39 is 0 Å². The van der Waals surface area contributed by atoms with E-state index in [1.54, 1.807) is 17.5 Å². The van der Waals surface area contributed by atoms with Crippen LogP contribution in [0.1, 0.15) is 10.4 Å². The fraction of sp³-hybridized carbons (Fsp3) is 0.174. The van der Waals surface area contributed by atoms with Crippen molar-refractivity contribution in [3.05, 3.63) is 71.7 Å². The Morgan fingerprint density at radius 1 is 1.07 bits per heavy atom. The fourth-order valence-corrected chi connectivity index (χ4v) is 4.24. The molecule has 0 unspecified atom stereocenters. The van der Waals surface area contributed by atoms with Crippen LogP contribution in [-0.2, 0) is 4.74 Å². The second kappa shape index (κ2) is 8.22. The second-order valence-electron chi connectivity index (χ2n) is 7.01. The van der Waals surface area contributed by atoms with Crippen LogP contribution in [0.15, 0.2) is 66.2 Å². The highest BCUT2D eigenvalue weighted by Crippen LogP contribution is 2.28. The SMILES string of the molecule is O=C(Nc1ccc(N2CCOCC2)nc1)c1cc(-c2cccs2)nc2ccccc12. The van der Waals surface area contributed by atoms with Gasteiger partial charge < -0.3 is 15.0 Å². The molecule has 0 aliphatic carbocycles. The van der Waals surface area contributed by atoms with Gasteiger partial charge in [-0.1, -0.05) is 24.3 Å². The molecule has 1 aliphatic heterocycles. The Balaban J connectivity index is 1.43. The number of nitrogens with zero attached hydrogens (tertiary/aromatic N) is 3. The molecule has 4 aromatic rings. The van der Waals surface area contributed by atoms with E-state index in [-0.39, 0.29) is 5.91 Å². The number of hydrogen-bond acceptors (Lipinski definition) is 6. The van der Waals surface area contributed by atoms with Gasteiger partial charge in [0, 0.05) is 18.5 Å². The lowest BCUT2D eigenvalue weighted by Gasteiger charge is -2.27. The minimum Gasteiger partial charge on any atom is -0.378 e. The standard InChI is InChI=1S/C23H20N4O2S/c28-23(25-16-7-8-22(24-15-16)27-9-11-29-12-10-27)18-14-20(21-6-3-13-30-21)26-19-5-2-1-4-17(18)19/h1-8,13-15H,9-12H2,(H,25,28). The first kappa shape index (κ1) is 18.7. The molecule has 1 fully saturated rings. The number of pyridine rings is 2. The van der Waals surface area contributed by atoms with Gasteiger partial charge in [0.2, 0.25) is 0 Å². The Kier molecular flexibility index (Phi) is 5.13. The van der Waals surface area contributed by atoms with E-state index in [1.165, 1.54) is 0 Å². The molecule has 0 bridgehead atoms. The monoisotopic (exact) mass is 416 g/mol. The van der Waals surface area contributed by atoms with E-state index in [1.807, 2.05) is 60.0 Å². The van der Waals surface area contributed by atoms with Crippen LogP contribution in [0.3, 0.4) is 0 Å². The van der Waals surface area contributed by atoms with Gasteiger partial charge in [-0.25, -0.2) is 9.97 Å². The van der Waals surface area contributed by atoms with Crippen LogP contribution in [0.25, 0.3) is 21.5 Å². The molecule has 7 heteroatoms. The lowest BCUT2D eigenvalue weighted by molar-refractivity contribution is 0.102. The molecule has 1 aliphatic rings. The normalized spacial score (nSPS) is 14.1. The summed E-state index contributed by atoms with van der Waals surface area (Å²) in [7, 11) is 0. The number of aromatic nitrogens is 2. The summed E-state index contributed by atoms with van der Waals surface area (Å²) in [6.45, 7) is 3.07. The molecule has 1 amide bonds. The van der Waals surface area contributed by atoms with Crippen molar-refractivity contribution >= 4 is 39.7 Å². The topological polar surface area (TPSA) is 67.4 Å². The van der Waals surface area contributed by atoms with Gasteiger partial charge >= 0.3 is 0 Å². The van der Waals surface area contributed by atoms with Gasteiger partial charge in [0.05, 0.1) is 46.7 Å². The Morgan fingerprint density at radius 3 is 2.70 bits per heavy atom. The summed E-state index contributed by atoms with van der Waals surface area (Å²) in [5.74, 6) is 0.720. The van der Waals surface area contributed by atoms with E-state index in [2.05, 4.69) is 15.2 Å². The number of carbonyl (C=O) groups excluding carboxylic acids is 1. The number of rotatable bonds is 4. The summed E-state index contributed by atoms with van der Waals surface area (Å²) in [6, 6.07) is 17.4. The Morgan fingerprint density at radius 2 is 1.93 bits per heavy atom. The predicted octanol–water partition coefficient (Wildman–Crippen LogP) is 4.45. The number of amides is 1. The van der Waals surface area contributed by atoms with Gasteiger partial charge in [0.15, 0.2) is 0 Å². The Hall–Kier alpha value is -3.29. The molecule has 6 nitrogen and oxygen atoms in total. The molecular formula is C23H20N4O2S. The highest BCUT2D eigenvalue weighted by atomic mass is 32.1. The molecule has 0 radical (unpaired) electrons. The van der Waals surface area contributed by atoms with Gasteiger partial charge in [0.1, 0.15) is 5.82 Å². The summed E-state index contributed by atoms with van der Waals surface area (Å²) < 4.78 is 5.39. The maximum Gasteiger partial charge on any atom is 0.256 e.